The van der Waals surface area contributed by atoms with Crippen LogP contribution in [0.15, 0.2) is 28.8 Å². The molecule has 5 rings (SSSR count). The molecule has 1 fully saturated rings. The first-order chi connectivity index (χ1) is 15.0. The van der Waals surface area contributed by atoms with Crippen molar-refractivity contribution in [3.8, 4) is 0 Å². The monoisotopic (exact) mass is 446 g/mol. The number of rotatable bonds is 5. The van der Waals surface area contributed by atoms with Gasteiger partial charge in [-0.05, 0) is 37.5 Å². The van der Waals surface area contributed by atoms with Gasteiger partial charge in [0.25, 0.3) is 5.91 Å². The number of aliphatic hydroxyl groups excluding tert-OH is 1. The van der Waals surface area contributed by atoms with Crippen molar-refractivity contribution in [1.29, 1.82) is 0 Å². The molecule has 7 nitrogen and oxygen atoms in total. The summed E-state index contributed by atoms with van der Waals surface area (Å²) in [5, 5.41) is 12.7. The lowest BCUT2D eigenvalue weighted by molar-refractivity contribution is 0.0754. The van der Waals surface area contributed by atoms with Crippen molar-refractivity contribution in [3.05, 3.63) is 45.9 Å². The molecule has 0 bridgehead atoms. The Bertz CT molecular complexity index is 1030. The molecule has 2 atom stereocenters. The number of nitrogens with one attached hydrogen (secondary N) is 2. The molecule has 9 heteroatoms. The smallest absolute Gasteiger partial charge is 0.270 e. The Hall–Kier alpha value is -2.07. The molecule has 0 spiro atoms. The number of H-pyrrole nitrogens is 1. The van der Waals surface area contributed by atoms with Gasteiger partial charge in [-0.3, -0.25) is 4.79 Å². The van der Waals surface area contributed by atoms with Gasteiger partial charge in [-0.1, -0.05) is 0 Å². The zero-order chi connectivity index (χ0) is 21.5. The highest BCUT2D eigenvalue weighted by Crippen LogP contribution is 2.37. The van der Waals surface area contributed by atoms with E-state index in [9.17, 15) is 14.3 Å². The zero-order valence-corrected chi connectivity index (χ0v) is 18.3. The fraction of sp³-hybridized carbons (Fsp3) is 0.500. The Balaban J connectivity index is 1.29. The van der Waals surface area contributed by atoms with Crippen LogP contribution in [0.2, 0.25) is 0 Å². The number of hydrogen-bond acceptors (Lipinski definition) is 6. The fourth-order valence-corrected chi connectivity index (χ4v) is 5.72. The highest BCUT2D eigenvalue weighted by atomic mass is 32.2. The fourth-order valence-electron chi connectivity index (χ4n) is 4.57. The molecular weight excluding hydrogens is 419 g/mol. The lowest BCUT2D eigenvalue weighted by Crippen LogP contribution is -2.42. The second-order valence-corrected chi connectivity index (χ2v) is 9.46. The van der Waals surface area contributed by atoms with Crippen LogP contribution in [-0.2, 0) is 4.74 Å². The third-order valence-electron chi connectivity index (χ3n) is 6.29. The molecule has 0 saturated carbocycles. The van der Waals surface area contributed by atoms with Crippen LogP contribution in [0.5, 0.6) is 0 Å². The lowest BCUT2D eigenvalue weighted by atomic mass is 10.0. The first-order valence-corrected chi connectivity index (χ1v) is 11.7. The van der Waals surface area contributed by atoms with E-state index in [2.05, 4.69) is 15.4 Å². The van der Waals surface area contributed by atoms with Crippen LogP contribution in [-0.4, -0.2) is 64.6 Å². The average Bonchev–Trinajstić information content (AvgIpc) is 3.50. The van der Waals surface area contributed by atoms with Crippen molar-refractivity contribution in [2.24, 2.45) is 5.92 Å². The minimum absolute atomic E-state index is 0.102. The van der Waals surface area contributed by atoms with Crippen LogP contribution in [0.3, 0.4) is 0 Å². The Labute approximate surface area is 184 Å². The number of benzene rings is 1. The van der Waals surface area contributed by atoms with Crippen LogP contribution < -0.4 is 5.43 Å². The van der Waals surface area contributed by atoms with E-state index < -0.39 is 11.9 Å². The summed E-state index contributed by atoms with van der Waals surface area (Å²) in [6.45, 7) is 5.34. The van der Waals surface area contributed by atoms with E-state index in [0.717, 1.165) is 38.5 Å². The average molecular weight is 447 g/mol. The number of nitrogens with zero attached hydrogens (tertiary/aromatic N) is 2. The van der Waals surface area contributed by atoms with E-state index >= 15 is 0 Å². The summed E-state index contributed by atoms with van der Waals surface area (Å²) in [7, 11) is 0. The van der Waals surface area contributed by atoms with E-state index in [0.29, 0.717) is 35.6 Å². The molecule has 1 amide bonds. The van der Waals surface area contributed by atoms with Crippen LogP contribution in [0.1, 0.15) is 41.9 Å². The molecule has 2 unspecified atom stereocenters. The molecule has 1 saturated heterocycles. The van der Waals surface area contributed by atoms with Gasteiger partial charge in [0.2, 0.25) is 0 Å². The number of halogens is 1. The van der Waals surface area contributed by atoms with Crippen molar-refractivity contribution < 1.29 is 19.0 Å². The molecule has 166 valence electrons. The second kappa shape index (κ2) is 8.46. The van der Waals surface area contributed by atoms with E-state index in [1.807, 2.05) is 4.90 Å². The number of hydrogen-bond donors (Lipinski definition) is 3. The summed E-state index contributed by atoms with van der Waals surface area (Å²) >= 11 is 1.77. The predicted octanol–water partition coefficient (Wildman–Crippen LogP) is 2.97. The molecule has 31 heavy (non-hydrogen) atoms. The van der Waals surface area contributed by atoms with E-state index in [4.69, 9.17) is 4.74 Å². The van der Waals surface area contributed by atoms with Crippen LogP contribution in [0.4, 0.5) is 4.39 Å². The van der Waals surface area contributed by atoms with Crippen molar-refractivity contribution in [2.45, 2.75) is 25.9 Å². The van der Waals surface area contributed by atoms with Gasteiger partial charge in [0.1, 0.15) is 11.5 Å². The maximum atomic E-state index is 14.2. The van der Waals surface area contributed by atoms with Crippen LogP contribution >= 0.6 is 11.8 Å². The van der Waals surface area contributed by atoms with Crippen molar-refractivity contribution in [2.75, 3.05) is 38.7 Å². The largest absolute Gasteiger partial charge is 0.389 e. The van der Waals surface area contributed by atoms with Gasteiger partial charge >= 0.3 is 0 Å². The lowest BCUT2D eigenvalue weighted by Gasteiger charge is -2.31. The number of amides is 1. The maximum absolute atomic E-state index is 14.2. The summed E-state index contributed by atoms with van der Waals surface area (Å²) in [5.41, 5.74) is 6.12. The first kappa shape index (κ1) is 20.8. The minimum Gasteiger partial charge on any atom is -0.389 e. The van der Waals surface area contributed by atoms with Gasteiger partial charge in [-0.25, -0.2) is 9.82 Å². The maximum Gasteiger partial charge on any atom is 0.270 e. The zero-order valence-electron chi connectivity index (χ0n) is 17.5. The Morgan fingerprint density at radius 3 is 3.13 bits per heavy atom. The summed E-state index contributed by atoms with van der Waals surface area (Å²) in [6, 6.07) is 4.59. The molecule has 1 aromatic carbocycles. The molecule has 0 aliphatic carbocycles. The summed E-state index contributed by atoms with van der Waals surface area (Å²) in [4.78, 5) is 19.3. The van der Waals surface area contributed by atoms with Crippen LogP contribution in [0.25, 0.3) is 10.9 Å². The molecule has 2 aromatic rings. The molecule has 3 aliphatic heterocycles. The van der Waals surface area contributed by atoms with Crippen molar-refractivity contribution >= 4 is 28.6 Å². The number of aliphatic hydroxyl groups is 1. The quantitative estimate of drug-likeness (QED) is 0.655. The molecular formula is C22H27FN4O3S. The van der Waals surface area contributed by atoms with Crippen LogP contribution in [0, 0.1) is 11.7 Å². The first-order valence-electron chi connectivity index (χ1n) is 10.7. The number of fused-ring (bicyclic) bond motifs is 1. The number of aromatic amines is 1. The molecule has 1 aromatic heterocycles. The molecule has 3 aliphatic rings. The van der Waals surface area contributed by atoms with E-state index in [1.165, 1.54) is 23.6 Å². The third kappa shape index (κ3) is 3.95. The Kier molecular flexibility index (Phi) is 5.68. The number of aromatic nitrogens is 1. The minimum atomic E-state index is -0.950. The Morgan fingerprint density at radius 1 is 1.48 bits per heavy atom. The standard InChI is InChI=1S/C22H27FN4O3S/c1-13(28)21-15-8-18(25-17(15)3-2-16(21)23)22(29)26-6-4-19-20(10-26)31-12-27(19)24-9-14-5-7-30-11-14/h2-3,8,13-14,24-25,28H,4-7,9-12H2,1H3. The van der Waals surface area contributed by atoms with Gasteiger partial charge in [0, 0.05) is 53.2 Å². The van der Waals surface area contributed by atoms with E-state index in [-0.39, 0.29) is 11.5 Å². The van der Waals surface area contributed by atoms with Gasteiger partial charge in [0.05, 0.1) is 25.1 Å². The predicted molar refractivity (Wildman–Crippen MR) is 118 cm³/mol. The van der Waals surface area contributed by atoms with Crippen molar-refractivity contribution in [1.82, 2.24) is 20.3 Å². The summed E-state index contributed by atoms with van der Waals surface area (Å²) in [5.74, 6) is 0.848. The molecule has 3 N–H and O–H groups in total. The third-order valence-corrected chi connectivity index (χ3v) is 7.39. The van der Waals surface area contributed by atoms with Gasteiger partial charge in [-0.15, -0.1) is 11.8 Å². The highest BCUT2D eigenvalue weighted by molar-refractivity contribution is 8.03. The normalized spacial score (nSPS) is 22.5. The number of carbonyl (C=O) groups is 1. The SMILES string of the molecule is CC(O)c1c(F)ccc2[nH]c(C(=O)N3CCC4=C(C3)SCN4NCC3CCOC3)cc12. The van der Waals surface area contributed by atoms with Gasteiger partial charge in [-0.2, -0.15) is 0 Å². The highest BCUT2D eigenvalue weighted by Gasteiger charge is 2.32. The summed E-state index contributed by atoms with van der Waals surface area (Å²) in [6.07, 6.45) is 0.956. The topological polar surface area (TPSA) is 80.8 Å². The van der Waals surface area contributed by atoms with E-state index in [1.54, 1.807) is 23.9 Å². The summed E-state index contributed by atoms with van der Waals surface area (Å²) < 4.78 is 19.6. The molecule has 0 radical (unpaired) electrons. The van der Waals surface area contributed by atoms with Gasteiger partial charge < -0.3 is 24.7 Å². The Morgan fingerprint density at radius 2 is 2.35 bits per heavy atom. The number of ether oxygens (including phenoxy) is 1. The number of hydrazine groups is 1. The second-order valence-electron chi connectivity index (χ2n) is 8.42. The molecule has 4 heterocycles. The van der Waals surface area contributed by atoms with Gasteiger partial charge in [0.15, 0.2) is 0 Å². The number of carbonyl (C=O) groups excluding carboxylic acids is 1. The van der Waals surface area contributed by atoms with Crippen molar-refractivity contribution in [3.63, 3.8) is 0 Å². The number of thioether (sulfide) groups is 1.